The van der Waals surface area contributed by atoms with Crippen molar-refractivity contribution in [2.24, 2.45) is 11.7 Å². The van der Waals surface area contributed by atoms with Crippen LogP contribution in [0.1, 0.15) is 20.3 Å². The molecule has 0 aliphatic heterocycles. The molecule has 0 aliphatic rings. The minimum Gasteiger partial charge on any atom is -0.444 e. The SMILES string of the molecule is CC(C)C[SiH](O)O[SiH2]CCCN. The van der Waals surface area contributed by atoms with E-state index in [0.717, 1.165) is 25.1 Å². The van der Waals surface area contributed by atoms with Crippen molar-refractivity contribution < 1.29 is 8.91 Å². The van der Waals surface area contributed by atoms with Gasteiger partial charge in [0.2, 0.25) is 0 Å². The van der Waals surface area contributed by atoms with Gasteiger partial charge in [-0.25, -0.2) is 0 Å². The Labute approximate surface area is 79.1 Å². The van der Waals surface area contributed by atoms with E-state index in [-0.39, 0.29) is 0 Å². The van der Waals surface area contributed by atoms with Crippen molar-refractivity contribution in [3.05, 3.63) is 0 Å². The summed E-state index contributed by atoms with van der Waals surface area (Å²) < 4.78 is 5.43. The van der Waals surface area contributed by atoms with Gasteiger partial charge in [0, 0.05) is 0 Å². The molecule has 1 atom stereocenters. The van der Waals surface area contributed by atoms with Crippen molar-refractivity contribution in [2.75, 3.05) is 6.54 Å². The fourth-order valence-corrected chi connectivity index (χ4v) is 4.54. The van der Waals surface area contributed by atoms with Crippen LogP contribution >= 0.6 is 0 Å². The zero-order valence-electron chi connectivity index (χ0n) is 8.12. The molecule has 0 aromatic heterocycles. The van der Waals surface area contributed by atoms with E-state index in [4.69, 9.17) is 9.85 Å². The molecule has 0 aromatic carbocycles. The maximum absolute atomic E-state index is 9.44. The van der Waals surface area contributed by atoms with Gasteiger partial charge in [0.15, 0.2) is 0 Å². The lowest BCUT2D eigenvalue weighted by atomic mass is 10.3. The molecule has 12 heavy (non-hydrogen) atoms. The van der Waals surface area contributed by atoms with Crippen LogP contribution in [0.3, 0.4) is 0 Å². The number of hydrogen-bond donors (Lipinski definition) is 2. The third-order valence-corrected chi connectivity index (χ3v) is 6.20. The summed E-state index contributed by atoms with van der Waals surface area (Å²) >= 11 is 0. The molecule has 0 rings (SSSR count). The molecular weight excluding hydrogens is 186 g/mol. The Morgan fingerprint density at radius 3 is 2.75 bits per heavy atom. The first-order valence-electron chi connectivity index (χ1n) is 4.66. The first-order valence-corrected chi connectivity index (χ1v) is 8.04. The standard InChI is InChI=1S/C7H21NO2Si2/c1-7(2)6-12(9)10-11-5-3-4-8/h7,9,12H,3-6,8,11H2,1-2H3. The highest BCUT2D eigenvalue weighted by Gasteiger charge is 2.09. The van der Waals surface area contributed by atoms with Crippen molar-refractivity contribution in [2.45, 2.75) is 32.4 Å². The monoisotopic (exact) mass is 207 g/mol. The first kappa shape index (κ1) is 12.3. The lowest BCUT2D eigenvalue weighted by Gasteiger charge is -2.11. The summed E-state index contributed by atoms with van der Waals surface area (Å²) in [7, 11) is -2.24. The van der Waals surface area contributed by atoms with Crippen molar-refractivity contribution >= 4 is 19.0 Å². The van der Waals surface area contributed by atoms with Crippen LogP contribution in [0, 0.1) is 5.92 Å². The van der Waals surface area contributed by atoms with Gasteiger partial charge in [-0.05, 0) is 31.0 Å². The number of nitrogens with two attached hydrogens (primary N) is 1. The summed E-state index contributed by atoms with van der Waals surface area (Å²) in [6.07, 6.45) is 1.05. The lowest BCUT2D eigenvalue weighted by Crippen LogP contribution is -2.22. The second-order valence-corrected chi connectivity index (χ2v) is 7.28. The minimum absolute atomic E-state index is 0.458. The molecule has 0 aromatic rings. The van der Waals surface area contributed by atoms with Crippen LogP contribution in [0.25, 0.3) is 0 Å². The van der Waals surface area contributed by atoms with Crippen LogP contribution < -0.4 is 5.73 Å². The molecule has 1 unspecified atom stereocenters. The lowest BCUT2D eigenvalue weighted by molar-refractivity contribution is 0.413. The zero-order valence-corrected chi connectivity index (χ0v) is 10.7. The number of rotatable bonds is 7. The predicted octanol–water partition coefficient (Wildman–Crippen LogP) is -0.277. The van der Waals surface area contributed by atoms with E-state index in [9.17, 15) is 4.80 Å². The molecule has 5 heteroatoms. The van der Waals surface area contributed by atoms with Crippen molar-refractivity contribution in [3.63, 3.8) is 0 Å². The molecule has 0 saturated heterocycles. The molecule has 0 saturated carbocycles. The summed E-state index contributed by atoms with van der Waals surface area (Å²) in [5.74, 6) is 0.565. The molecule has 0 bridgehead atoms. The van der Waals surface area contributed by atoms with Gasteiger partial charge in [0.25, 0.3) is 0 Å². The van der Waals surface area contributed by atoms with Gasteiger partial charge in [-0.2, -0.15) is 0 Å². The predicted molar refractivity (Wildman–Crippen MR) is 57.1 cm³/mol. The molecule has 0 aliphatic carbocycles. The van der Waals surface area contributed by atoms with Crippen LogP contribution in [-0.2, 0) is 4.12 Å². The molecule has 0 heterocycles. The Bertz CT molecular complexity index is 103. The van der Waals surface area contributed by atoms with E-state index in [2.05, 4.69) is 13.8 Å². The molecule has 3 nitrogen and oxygen atoms in total. The van der Waals surface area contributed by atoms with Gasteiger partial charge >= 0.3 is 9.28 Å². The normalized spacial score (nSPS) is 14.8. The third-order valence-electron chi connectivity index (χ3n) is 1.58. The van der Waals surface area contributed by atoms with Crippen LogP contribution in [0.2, 0.25) is 12.1 Å². The molecule has 0 radical (unpaired) electrons. The topological polar surface area (TPSA) is 55.5 Å². The van der Waals surface area contributed by atoms with Gasteiger partial charge in [0.05, 0.1) is 0 Å². The Kier molecular flexibility index (Phi) is 8.14. The second kappa shape index (κ2) is 7.94. The van der Waals surface area contributed by atoms with Crippen LogP contribution in [-0.4, -0.2) is 30.4 Å². The molecule has 0 spiro atoms. The van der Waals surface area contributed by atoms with E-state index < -0.39 is 19.0 Å². The molecule has 74 valence electrons. The zero-order chi connectivity index (χ0) is 9.40. The summed E-state index contributed by atoms with van der Waals surface area (Å²) in [6.45, 7) is 4.97. The number of hydrogen-bond acceptors (Lipinski definition) is 3. The van der Waals surface area contributed by atoms with Gasteiger partial charge < -0.3 is 14.6 Å². The van der Waals surface area contributed by atoms with Gasteiger partial charge in [-0.15, -0.1) is 0 Å². The van der Waals surface area contributed by atoms with Gasteiger partial charge in [-0.1, -0.05) is 13.8 Å². The van der Waals surface area contributed by atoms with E-state index in [1.54, 1.807) is 0 Å². The Hall–Kier alpha value is 0.314. The highest BCUT2D eigenvalue weighted by molar-refractivity contribution is 6.51. The molecule has 3 N–H and O–H groups in total. The fraction of sp³-hybridized carbons (Fsp3) is 1.00. The average molecular weight is 207 g/mol. The highest BCUT2D eigenvalue weighted by Crippen LogP contribution is 2.04. The summed E-state index contributed by atoms with van der Waals surface area (Å²) in [5, 5.41) is 0. The Balaban J connectivity index is 3.14. The van der Waals surface area contributed by atoms with Crippen LogP contribution in [0.15, 0.2) is 0 Å². The molecule has 0 fully saturated rings. The smallest absolute Gasteiger partial charge is 0.308 e. The van der Waals surface area contributed by atoms with E-state index in [0.29, 0.717) is 5.92 Å². The van der Waals surface area contributed by atoms with E-state index in [1.807, 2.05) is 0 Å². The van der Waals surface area contributed by atoms with Gasteiger partial charge in [0.1, 0.15) is 9.76 Å². The van der Waals surface area contributed by atoms with Crippen molar-refractivity contribution in [3.8, 4) is 0 Å². The average Bonchev–Trinajstić information content (AvgIpc) is 1.97. The Morgan fingerprint density at radius 2 is 2.25 bits per heavy atom. The maximum Gasteiger partial charge on any atom is 0.308 e. The summed E-state index contributed by atoms with van der Waals surface area (Å²) in [5.41, 5.74) is 5.34. The fourth-order valence-electron chi connectivity index (χ4n) is 0.937. The maximum atomic E-state index is 9.44. The minimum atomic E-state index is -1.78. The Morgan fingerprint density at radius 1 is 1.58 bits per heavy atom. The van der Waals surface area contributed by atoms with Crippen LogP contribution in [0.4, 0.5) is 0 Å². The van der Waals surface area contributed by atoms with Crippen molar-refractivity contribution in [1.29, 1.82) is 0 Å². The van der Waals surface area contributed by atoms with Crippen LogP contribution in [0.5, 0.6) is 0 Å². The molecular formula is C7H21NO2Si2. The first-order chi connectivity index (χ1) is 5.66. The second-order valence-electron chi connectivity index (χ2n) is 3.45. The van der Waals surface area contributed by atoms with E-state index in [1.165, 1.54) is 0 Å². The van der Waals surface area contributed by atoms with E-state index >= 15 is 0 Å². The highest BCUT2D eigenvalue weighted by atomic mass is 28.4. The summed E-state index contributed by atoms with van der Waals surface area (Å²) in [6, 6.07) is 1.99. The van der Waals surface area contributed by atoms with Crippen molar-refractivity contribution in [1.82, 2.24) is 0 Å². The summed E-state index contributed by atoms with van der Waals surface area (Å²) in [4.78, 5) is 9.44. The molecule has 0 amide bonds. The third kappa shape index (κ3) is 8.41. The quantitative estimate of drug-likeness (QED) is 0.446. The van der Waals surface area contributed by atoms with Gasteiger partial charge in [-0.3, -0.25) is 0 Å². The largest absolute Gasteiger partial charge is 0.444 e.